The highest BCUT2D eigenvalue weighted by Crippen LogP contribution is 2.29. The molecule has 0 aliphatic carbocycles. The topological polar surface area (TPSA) is 47.3 Å². The van der Waals surface area contributed by atoms with Crippen LogP contribution in [0.3, 0.4) is 0 Å². The molecule has 0 aliphatic heterocycles. The van der Waals surface area contributed by atoms with E-state index in [-0.39, 0.29) is 5.82 Å². The van der Waals surface area contributed by atoms with Gasteiger partial charge in [-0.3, -0.25) is 0 Å². The lowest BCUT2D eigenvalue weighted by molar-refractivity contribution is 0.319. The summed E-state index contributed by atoms with van der Waals surface area (Å²) in [5.74, 6) is 0.438. The molecule has 4 heteroatoms. The van der Waals surface area contributed by atoms with Gasteiger partial charge in [0.25, 0.3) is 0 Å². The van der Waals surface area contributed by atoms with Crippen molar-refractivity contribution in [2.45, 2.75) is 19.9 Å². The Balaban J connectivity index is 2.06. The number of benzene rings is 2. The van der Waals surface area contributed by atoms with Crippen molar-refractivity contribution in [3.8, 4) is 5.75 Å². The molecule has 0 bridgehead atoms. The van der Waals surface area contributed by atoms with Crippen molar-refractivity contribution in [3.05, 3.63) is 53.8 Å². The zero-order valence-electron chi connectivity index (χ0n) is 11.5. The zero-order chi connectivity index (χ0) is 14.4. The van der Waals surface area contributed by atoms with E-state index in [1.165, 1.54) is 12.1 Å². The molecule has 0 saturated carbocycles. The quantitative estimate of drug-likeness (QED) is 0.787. The van der Waals surface area contributed by atoms with Gasteiger partial charge in [-0.15, -0.1) is 0 Å². The second kappa shape index (κ2) is 6.80. The molecule has 0 aliphatic rings. The Kier molecular flexibility index (Phi) is 4.82. The number of nitrogens with one attached hydrogen (secondary N) is 1. The molecule has 0 heterocycles. The van der Waals surface area contributed by atoms with Gasteiger partial charge in [0, 0.05) is 6.54 Å². The van der Waals surface area contributed by atoms with E-state index >= 15 is 0 Å². The van der Waals surface area contributed by atoms with Gasteiger partial charge in [-0.05, 0) is 36.2 Å². The standard InChI is InChI=1S/C16H19FN2O/c1-2-9-20-15-8-4-7-14(16(15)18)19-11-12-5-3-6-13(17)10-12/h3-8,10,19H,2,9,11,18H2,1H3. The first kappa shape index (κ1) is 14.2. The van der Waals surface area contributed by atoms with Crippen LogP contribution in [-0.4, -0.2) is 6.61 Å². The maximum atomic E-state index is 13.1. The van der Waals surface area contributed by atoms with Crippen molar-refractivity contribution < 1.29 is 9.13 Å². The van der Waals surface area contributed by atoms with E-state index in [4.69, 9.17) is 10.5 Å². The van der Waals surface area contributed by atoms with Crippen LogP contribution >= 0.6 is 0 Å². The fourth-order valence-electron chi connectivity index (χ4n) is 1.88. The number of hydrogen-bond donors (Lipinski definition) is 2. The minimum atomic E-state index is -0.239. The molecule has 3 nitrogen and oxygen atoms in total. The molecule has 0 atom stereocenters. The second-order valence-electron chi connectivity index (χ2n) is 4.55. The number of anilines is 2. The molecule has 3 N–H and O–H groups in total. The number of ether oxygens (including phenoxy) is 1. The molecule has 0 unspecified atom stereocenters. The lowest BCUT2D eigenvalue weighted by Crippen LogP contribution is -2.05. The van der Waals surface area contributed by atoms with Gasteiger partial charge in [-0.25, -0.2) is 4.39 Å². The zero-order valence-corrected chi connectivity index (χ0v) is 11.5. The Labute approximate surface area is 118 Å². The molecule has 106 valence electrons. The molecule has 0 spiro atoms. The molecule has 0 aromatic heterocycles. The molecular weight excluding hydrogens is 255 g/mol. The van der Waals surface area contributed by atoms with Gasteiger partial charge in [-0.2, -0.15) is 0 Å². The number of halogens is 1. The Morgan fingerprint density at radius 3 is 2.75 bits per heavy atom. The summed E-state index contributed by atoms with van der Waals surface area (Å²) in [5, 5.41) is 3.20. The Hall–Kier alpha value is -2.23. The lowest BCUT2D eigenvalue weighted by Gasteiger charge is -2.13. The first-order valence-electron chi connectivity index (χ1n) is 6.70. The predicted molar refractivity (Wildman–Crippen MR) is 80.4 cm³/mol. The van der Waals surface area contributed by atoms with Crippen molar-refractivity contribution >= 4 is 11.4 Å². The number of hydrogen-bond acceptors (Lipinski definition) is 3. The van der Waals surface area contributed by atoms with E-state index < -0.39 is 0 Å². The fourth-order valence-corrected chi connectivity index (χ4v) is 1.88. The number of para-hydroxylation sites is 1. The van der Waals surface area contributed by atoms with Gasteiger partial charge in [0.2, 0.25) is 0 Å². The van der Waals surface area contributed by atoms with Crippen LogP contribution in [-0.2, 0) is 6.54 Å². The minimum absolute atomic E-state index is 0.239. The highest BCUT2D eigenvalue weighted by atomic mass is 19.1. The van der Waals surface area contributed by atoms with Gasteiger partial charge in [-0.1, -0.05) is 25.1 Å². The largest absolute Gasteiger partial charge is 0.491 e. The van der Waals surface area contributed by atoms with Gasteiger partial charge in [0.05, 0.1) is 18.0 Å². The molecule has 2 aromatic carbocycles. The average molecular weight is 274 g/mol. The molecular formula is C16H19FN2O. The SMILES string of the molecule is CCCOc1cccc(NCc2cccc(F)c2)c1N. The minimum Gasteiger partial charge on any atom is -0.491 e. The van der Waals surface area contributed by atoms with Crippen LogP contribution < -0.4 is 15.8 Å². The number of nitrogen functional groups attached to an aromatic ring is 1. The summed E-state index contributed by atoms with van der Waals surface area (Å²) in [7, 11) is 0. The summed E-state index contributed by atoms with van der Waals surface area (Å²) in [4.78, 5) is 0. The van der Waals surface area contributed by atoms with E-state index in [1.807, 2.05) is 31.2 Å². The molecule has 2 aromatic rings. The number of rotatable bonds is 6. The van der Waals surface area contributed by atoms with E-state index in [0.29, 0.717) is 24.6 Å². The van der Waals surface area contributed by atoms with Crippen molar-refractivity contribution in [2.24, 2.45) is 0 Å². The summed E-state index contributed by atoms with van der Waals surface area (Å²) < 4.78 is 18.7. The van der Waals surface area contributed by atoms with Crippen molar-refractivity contribution in [1.29, 1.82) is 0 Å². The molecule has 0 radical (unpaired) electrons. The monoisotopic (exact) mass is 274 g/mol. The van der Waals surface area contributed by atoms with Crippen molar-refractivity contribution in [2.75, 3.05) is 17.7 Å². The first-order valence-corrected chi connectivity index (χ1v) is 6.70. The van der Waals surface area contributed by atoms with E-state index in [1.54, 1.807) is 6.07 Å². The molecule has 0 amide bonds. The maximum absolute atomic E-state index is 13.1. The van der Waals surface area contributed by atoms with E-state index in [2.05, 4.69) is 5.32 Å². The highest BCUT2D eigenvalue weighted by molar-refractivity contribution is 5.72. The van der Waals surface area contributed by atoms with Gasteiger partial charge >= 0.3 is 0 Å². The third-order valence-electron chi connectivity index (χ3n) is 2.90. The molecule has 20 heavy (non-hydrogen) atoms. The Bertz CT molecular complexity index is 572. The van der Waals surface area contributed by atoms with Gasteiger partial charge in [0.15, 0.2) is 0 Å². The number of nitrogens with two attached hydrogens (primary N) is 1. The second-order valence-corrected chi connectivity index (χ2v) is 4.55. The summed E-state index contributed by atoms with van der Waals surface area (Å²) >= 11 is 0. The smallest absolute Gasteiger partial charge is 0.144 e. The van der Waals surface area contributed by atoms with Crippen molar-refractivity contribution in [1.82, 2.24) is 0 Å². The molecule has 0 saturated heterocycles. The average Bonchev–Trinajstić information content (AvgIpc) is 2.45. The van der Waals surface area contributed by atoms with Crippen LogP contribution in [0.2, 0.25) is 0 Å². The van der Waals surface area contributed by atoms with Crippen LogP contribution in [0.4, 0.5) is 15.8 Å². The third kappa shape index (κ3) is 3.63. The van der Waals surface area contributed by atoms with Crippen molar-refractivity contribution in [3.63, 3.8) is 0 Å². The summed E-state index contributed by atoms with van der Waals surface area (Å²) in [6.07, 6.45) is 0.931. The summed E-state index contributed by atoms with van der Waals surface area (Å²) in [5.41, 5.74) is 8.30. The third-order valence-corrected chi connectivity index (χ3v) is 2.90. The van der Waals surface area contributed by atoms with Crippen LogP contribution in [0, 0.1) is 5.82 Å². The first-order chi connectivity index (χ1) is 9.70. The maximum Gasteiger partial charge on any atom is 0.144 e. The van der Waals surface area contributed by atoms with Crippen LogP contribution in [0.1, 0.15) is 18.9 Å². The highest BCUT2D eigenvalue weighted by Gasteiger charge is 2.05. The normalized spacial score (nSPS) is 10.3. The lowest BCUT2D eigenvalue weighted by atomic mass is 10.2. The van der Waals surface area contributed by atoms with Gasteiger partial charge in [0.1, 0.15) is 11.6 Å². The Morgan fingerprint density at radius 2 is 2.00 bits per heavy atom. The predicted octanol–water partition coefficient (Wildman–Crippen LogP) is 3.81. The fraction of sp³-hybridized carbons (Fsp3) is 0.250. The van der Waals surface area contributed by atoms with E-state index in [0.717, 1.165) is 17.7 Å². The summed E-state index contributed by atoms with van der Waals surface area (Å²) in [6, 6.07) is 12.1. The van der Waals surface area contributed by atoms with Crippen LogP contribution in [0.25, 0.3) is 0 Å². The van der Waals surface area contributed by atoms with Crippen LogP contribution in [0.15, 0.2) is 42.5 Å². The van der Waals surface area contributed by atoms with Crippen LogP contribution in [0.5, 0.6) is 5.75 Å². The summed E-state index contributed by atoms with van der Waals surface area (Å²) in [6.45, 7) is 3.19. The Morgan fingerprint density at radius 1 is 1.20 bits per heavy atom. The van der Waals surface area contributed by atoms with E-state index in [9.17, 15) is 4.39 Å². The molecule has 2 rings (SSSR count). The molecule has 0 fully saturated rings. The van der Waals surface area contributed by atoms with Gasteiger partial charge < -0.3 is 15.8 Å².